The van der Waals surface area contributed by atoms with Crippen LogP contribution in [-0.2, 0) is 11.4 Å². The average molecular weight is 569 g/mol. The van der Waals surface area contributed by atoms with Crippen molar-refractivity contribution in [3.63, 3.8) is 0 Å². The van der Waals surface area contributed by atoms with Crippen molar-refractivity contribution in [2.45, 2.75) is 11.5 Å². The molecule has 0 saturated heterocycles. The van der Waals surface area contributed by atoms with Crippen LogP contribution in [0.5, 0.6) is 5.75 Å². The minimum atomic E-state index is -0.181. The quantitative estimate of drug-likeness (QED) is 0.187. The van der Waals surface area contributed by atoms with Gasteiger partial charge in [-0.15, -0.1) is 11.8 Å². The molecule has 4 nitrogen and oxygen atoms in total. The zero-order valence-electron chi connectivity index (χ0n) is 15.6. The summed E-state index contributed by atoms with van der Waals surface area (Å²) in [4.78, 5) is 12.9. The topological polar surface area (TPSA) is 50.7 Å². The predicted molar refractivity (Wildman–Crippen MR) is 131 cm³/mol. The second kappa shape index (κ2) is 11.6. The molecule has 3 aromatic rings. The van der Waals surface area contributed by atoms with Crippen molar-refractivity contribution >= 4 is 67.3 Å². The molecule has 154 valence electrons. The van der Waals surface area contributed by atoms with Gasteiger partial charge < -0.3 is 4.74 Å². The lowest BCUT2D eigenvalue weighted by Gasteiger charge is -2.09. The maximum absolute atomic E-state index is 11.9. The second-order valence-corrected chi connectivity index (χ2v) is 9.40. The molecule has 0 atom stereocenters. The number of hydrogen-bond acceptors (Lipinski definition) is 4. The van der Waals surface area contributed by atoms with Gasteiger partial charge in [-0.1, -0.05) is 39.7 Å². The zero-order valence-corrected chi connectivity index (χ0v) is 20.4. The van der Waals surface area contributed by atoms with Crippen LogP contribution in [0.3, 0.4) is 0 Å². The summed E-state index contributed by atoms with van der Waals surface area (Å²) >= 11 is 14.2. The molecule has 3 aromatic carbocycles. The summed E-state index contributed by atoms with van der Waals surface area (Å²) in [5, 5.41) is 4.69. The van der Waals surface area contributed by atoms with Crippen LogP contribution in [0, 0.1) is 0 Å². The van der Waals surface area contributed by atoms with Crippen LogP contribution in [0.15, 0.2) is 85.7 Å². The number of thioether (sulfide) groups is 1. The van der Waals surface area contributed by atoms with Gasteiger partial charge in [0.05, 0.1) is 16.4 Å². The first-order valence-corrected chi connectivity index (χ1v) is 11.8. The summed E-state index contributed by atoms with van der Waals surface area (Å²) in [7, 11) is 0. The number of hydrogen-bond donors (Lipinski definition) is 1. The largest absolute Gasteiger partial charge is 0.488 e. The highest BCUT2D eigenvalue weighted by molar-refractivity contribution is 9.10. The molecule has 0 bridgehead atoms. The molecular formula is C22H17Br2ClN2O2S. The molecule has 0 aliphatic carbocycles. The number of halogens is 3. The Morgan fingerprint density at radius 3 is 2.50 bits per heavy atom. The predicted octanol–water partition coefficient (Wildman–Crippen LogP) is 6.69. The van der Waals surface area contributed by atoms with Gasteiger partial charge in [-0.3, -0.25) is 4.79 Å². The summed E-state index contributed by atoms with van der Waals surface area (Å²) in [5.74, 6) is 0.823. The van der Waals surface area contributed by atoms with Crippen molar-refractivity contribution in [1.29, 1.82) is 0 Å². The van der Waals surface area contributed by atoms with Crippen molar-refractivity contribution in [1.82, 2.24) is 5.43 Å². The number of rotatable bonds is 8. The summed E-state index contributed by atoms with van der Waals surface area (Å²) in [5.41, 5.74) is 4.45. The summed E-state index contributed by atoms with van der Waals surface area (Å²) in [6.45, 7) is 0.473. The smallest absolute Gasteiger partial charge is 0.250 e. The Balaban J connectivity index is 1.47. The number of ether oxygens (including phenoxy) is 1. The molecule has 1 N–H and O–H groups in total. The van der Waals surface area contributed by atoms with E-state index >= 15 is 0 Å². The number of nitrogens with one attached hydrogen (secondary N) is 1. The fourth-order valence-corrected chi connectivity index (χ4v) is 3.94. The molecule has 0 heterocycles. The molecule has 0 aliphatic rings. The third-order valence-electron chi connectivity index (χ3n) is 3.85. The van der Waals surface area contributed by atoms with Crippen molar-refractivity contribution in [3.8, 4) is 5.75 Å². The Kier molecular flexibility index (Phi) is 8.81. The summed E-state index contributed by atoms with van der Waals surface area (Å²) in [6, 6.07) is 20.9. The molecule has 0 saturated carbocycles. The van der Waals surface area contributed by atoms with Gasteiger partial charge in [0, 0.05) is 14.4 Å². The van der Waals surface area contributed by atoms with E-state index in [1.54, 1.807) is 18.3 Å². The lowest BCUT2D eigenvalue weighted by molar-refractivity contribution is -0.118. The number of hydrazone groups is 1. The first-order chi connectivity index (χ1) is 14.5. The van der Waals surface area contributed by atoms with E-state index in [1.807, 2.05) is 54.6 Å². The molecule has 30 heavy (non-hydrogen) atoms. The monoisotopic (exact) mass is 566 g/mol. The normalized spacial score (nSPS) is 10.9. The molecule has 0 aromatic heterocycles. The van der Waals surface area contributed by atoms with E-state index in [9.17, 15) is 4.79 Å². The number of amides is 1. The fraction of sp³-hybridized carbons (Fsp3) is 0.0909. The molecule has 0 spiro atoms. The van der Waals surface area contributed by atoms with E-state index < -0.39 is 0 Å². The van der Waals surface area contributed by atoms with Gasteiger partial charge in [-0.25, -0.2) is 5.43 Å². The summed E-state index contributed by atoms with van der Waals surface area (Å²) in [6.07, 6.45) is 1.59. The molecule has 3 rings (SSSR count). The number of benzene rings is 3. The Bertz CT molecular complexity index is 1030. The van der Waals surface area contributed by atoms with Crippen molar-refractivity contribution < 1.29 is 9.53 Å². The van der Waals surface area contributed by atoms with Gasteiger partial charge in [0.25, 0.3) is 0 Å². The average Bonchev–Trinajstić information content (AvgIpc) is 2.74. The van der Waals surface area contributed by atoms with Gasteiger partial charge in [0.2, 0.25) is 5.91 Å². The maximum Gasteiger partial charge on any atom is 0.250 e. The van der Waals surface area contributed by atoms with Crippen LogP contribution < -0.4 is 10.2 Å². The van der Waals surface area contributed by atoms with E-state index in [0.717, 1.165) is 30.7 Å². The van der Waals surface area contributed by atoms with E-state index in [4.69, 9.17) is 16.3 Å². The van der Waals surface area contributed by atoms with Crippen molar-refractivity contribution in [2.24, 2.45) is 5.10 Å². The Hall–Kier alpha value is -1.80. The van der Waals surface area contributed by atoms with Crippen molar-refractivity contribution in [3.05, 3.63) is 91.8 Å². The maximum atomic E-state index is 11.9. The molecule has 0 fully saturated rings. The van der Waals surface area contributed by atoms with E-state index in [-0.39, 0.29) is 11.7 Å². The molecule has 0 unspecified atom stereocenters. The van der Waals surface area contributed by atoms with Crippen LogP contribution in [0.25, 0.3) is 0 Å². The Labute approximate surface area is 201 Å². The second-order valence-electron chi connectivity index (χ2n) is 6.14. The van der Waals surface area contributed by atoms with Gasteiger partial charge in [0.15, 0.2) is 0 Å². The number of carbonyl (C=O) groups is 1. The first kappa shape index (κ1) is 22.9. The van der Waals surface area contributed by atoms with Gasteiger partial charge in [-0.2, -0.15) is 5.10 Å². The zero-order chi connectivity index (χ0) is 21.3. The third kappa shape index (κ3) is 7.47. The van der Waals surface area contributed by atoms with Gasteiger partial charge >= 0.3 is 0 Å². The first-order valence-electron chi connectivity index (χ1n) is 8.87. The van der Waals surface area contributed by atoms with Crippen molar-refractivity contribution in [2.75, 3.05) is 5.75 Å². The van der Waals surface area contributed by atoms with E-state index in [0.29, 0.717) is 11.6 Å². The number of nitrogens with zero attached hydrogens (tertiary/aromatic N) is 1. The minimum absolute atomic E-state index is 0.181. The third-order valence-corrected chi connectivity index (χ3v) is 6.26. The molecule has 1 amide bonds. The molecule has 0 aliphatic heterocycles. The lowest BCUT2D eigenvalue weighted by atomic mass is 10.2. The standard InChI is InChI=1S/C22H17Br2ClN2O2S/c23-17-4-1-15(2-5-17)13-29-21-10-3-16(11-20(21)24)12-26-27-22(28)14-30-19-8-6-18(25)7-9-19/h1-12H,13-14H2,(H,27,28)/b26-12-. The lowest BCUT2D eigenvalue weighted by Crippen LogP contribution is -2.19. The highest BCUT2D eigenvalue weighted by atomic mass is 79.9. The highest BCUT2D eigenvalue weighted by Crippen LogP contribution is 2.26. The SMILES string of the molecule is O=C(CSc1ccc(Cl)cc1)N/N=C\c1ccc(OCc2ccc(Br)cc2)c(Br)c1. The molecule has 8 heteroatoms. The van der Waals surface area contributed by atoms with Crippen LogP contribution >= 0.6 is 55.2 Å². The highest BCUT2D eigenvalue weighted by Gasteiger charge is 2.04. The van der Waals surface area contributed by atoms with Crippen LogP contribution in [0.2, 0.25) is 5.02 Å². The molecule has 0 radical (unpaired) electrons. The summed E-state index contributed by atoms with van der Waals surface area (Å²) < 4.78 is 7.70. The Morgan fingerprint density at radius 1 is 1.07 bits per heavy atom. The van der Waals surface area contributed by atoms with Gasteiger partial charge in [-0.05, 0) is 81.7 Å². The number of carbonyl (C=O) groups excluding carboxylic acids is 1. The van der Waals surface area contributed by atoms with Crippen LogP contribution in [0.4, 0.5) is 0 Å². The van der Waals surface area contributed by atoms with E-state index in [2.05, 4.69) is 42.4 Å². The van der Waals surface area contributed by atoms with Gasteiger partial charge in [0.1, 0.15) is 12.4 Å². The minimum Gasteiger partial charge on any atom is -0.488 e. The van der Waals surface area contributed by atoms with E-state index in [1.165, 1.54) is 11.8 Å². The fourth-order valence-electron chi connectivity index (χ4n) is 2.35. The van der Waals surface area contributed by atoms with Crippen LogP contribution in [0.1, 0.15) is 11.1 Å². The van der Waals surface area contributed by atoms with Crippen LogP contribution in [-0.4, -0.2) is 17.9 Å². The molecular weight excluding hydrogens is 552 g/mol. The Morgan fingerprint density at radius 2 is 1.80 bits per heavy atom.